The summed E-state index contributed by atoms with van der Waals surface area (Å²) in [6.07, 6.45) is 12.3. The van der Waals surface area contributed by atoms with Gasteiger partial charge < -0.3 is 5.32 Å². The van der Waals surface area contributed by atoms with Gasteiger partial charge in [-0.25, -0.2) is 0 Å². The van der Waals surface area contributed by atoms with Crippen LogP contribution in [0.1, 0.15) is 64.7 Å². The van der Waals surface area contributed by atoms with E-state index in [-0.39, 0.29) is 0 Å². The van der Waals surface area contributed by atoms with Crippen molar-refractivity contribution in [3.8, 4) is 0 Å². The maximum atomic E-state index is 4.97. The standard InChI is InChI=1S/C15H26N2S/c1-12-7-9-15(10-8-12)11-18-14(17-15)16-13-5-3-2-4-6-13/h12-13H,2-11H2,1H3,(H,16,17). The summed E-state index contributed by atoms with van der Waals surface area (Å²) in [4.78, 5) is 4.97. The average Bonchev–Trinajstić information content (AvgIpc) is 2.78. The van der Waals surface area contributed by atoms with E-state index in [4.69, 9.17) is 4.99 Å². The van der Waals surface area contributed by atoms with Gasteiger partial charge in [0.05, 0.1) is 6.04 Å². The number of hydrogen-bond acceptors (Lipinski definition) is 2. The van der Waals surface area contributed by atoms with Gasteiger partial charge in [-0.05, 0) is 44.4 Å². The molecule has 1 N–H and O–H groups in total. The van der Waals surface area contributed by atoms with Gasteiger partial charge >= 0.3 is 0 Å². The number of rotatable bonds is 1. The minimum Gasteiger partial charge on any atom is -0.359 e. The van der Waals surface area contributed by atoms with Gasteiger partial charge in [-0.3, -0.25) is 4.99 Å². The molecule has 1 spiro atoms. The van der Waals surface area contributed by atoms with Crippen molar-refractivity contribution in [1.29, 1.82) is 0 Å². The molecule has 3 rings (SSSR count). The summed E-state index contributed by atoms with van der Waals surface area (Å²) < 4.78 is 0. The van der Waals surface area contributed by atoms with E-state index in [1.807, 2.05) is 11.8 Å². The molecule has 1 aliphatic heterocycles. The Morgan fingerprint density at radius 2 is 1.83 bits per heavy atom. The predicted molar refractivity (Wildman–Crippen MR) is 80.3 cm³/mol. The van der Waals surface area contributed by atoms with Crippen LogP contribution in [0, 0.1) is 5.92 Å². The molecule has 2 aliphatic carbocycles. The zero-order chi connectivity index (χ0) is 12.4. The van der Waals surface area contributed by atoms with Crippen LogP contribution in [0.25, 0.3) is 0 Å². The van der Waals surface area contributed by atoms with Gasteiger partial charge in [0.15, 0.2) is 5.17 Å². The second kappa shape index (κ2) is 5.44. The summed E-state index contributed by atoms with van der Waals surface area (Å²) in [5.74, 6) is 2.19. The van der Waals surface area contributed by atoms with Gasteiger partial charge in [0.2, 0.25) is 0 Å². The van der Waals surface area contributed by atoms with Crippen LogP contribution < -0.4 is 5.32 Å². The van der Waals surface area contributed by atoms with E-state index < -0.39 is 0 Å². The van der Waals surface area contributed by atoms with Crippen molar-refractivity contribution in [1.82, 2.24) is 5.32 Å². The van der Waals surface area contributed by atoms with Gasteiger partial charge in [-0.15, -0.1) is 0 Å². The lowest BCUT2D eigenvalue weighted by Gasteiger charge is -2.35. The average molecular weight is 266 g/mol. The molecule has 1 heterocycles. The lowest BCUT2D eigenvalue weighted by molar-refractivity contribution is 0.250. The minimum atomic E-state index is 0.407. The van der Waals surface area contributed by atoms with Gasteiger partial charge in [0, 0.05) is 11.3 Å². The van der Waals surface area contributed by atoms with Gasteiger partial charge in [0.25, 0.3) is 0 Å². The fraction of sp³-hybridized carbons (Fsp3) is 0.933. The SMILES string of the molecule is CC1CCC2(CC1)CSC(=NC1CCCCC1)N2. The number of nitrogens with zero attached hydrogens (tertiary/aromatic N) is 1. The Morgan fingerprint density at radius 3 is 2.56 bits per heavy atom. The zero-order valence-electron chi connectivity index (χ0n) is 11.6. The van der Waals surface area contributed by atoms with Crippen molar-refractivity contribution in [3.63, 3.8) is 0 Å². The number of aliphatic imine (C=N–C) groups is 1. The molecule has 0 aromatic rings. The number of nitrogens with one attached hydrogen (secondary N) is 1. The minimum absolute atomic E-state index is 0.407. The Bertz CT molecular complexity index is 312. The molecule has 3 aliphatic rings. The van der Waals surface area contributed by atoms with Crippen molar-refractivity contribution < 1.29 is 0 Å². The lowest BCUT2D eigenvalue weighted by Crippen LogP contribution is -2.46. The molecular weight excluding hydrogens is 240 g/mol. The summed E-state index contributed by atoms with van der Waals surface area (Å²) in [5, 5.41) is 5.05. The van der Waals surface area contributed by atoms with Crippen LogP contribution in [0.2, 0.25) is 0 Å². The lowest BCUT2D eigenvalue weighted by atomic mass is 9.78. The summed E-state index contributed by atoms with van der Waals surface area (Å²) in [7, 11) is 0. The Hall–Kier alpha value is -0.180. The topological polar surface area (TPSA) is 24.4 Å². The van der Waals surface area contributed by atoms with Crippen molar-refractivity contribution in [2.24, 2.45) is 10.9 Å². The summed E-state index contributed by atoms with van der Waals surface area (Å²) in [6.45, 7) is 2.39. The molecule has 1 saturated heterocycles. The Balaban J connectivity index is 1.58. The van der Waals surface area contributed by atoms with Crippen LogP contribution in [0.4, 0.5) is 0 Å². The van der Waals surface area contributed by atoms with Gasteiger partial charge in [0.1, 0.15) is 0 Å². The molecular formula is C15H26N2S. The smallest absolute Gasteiger partial charge is 0.157 e. The quantitative estimate of drug-likeness (QED) is 0.777. The first-order valence-electron chi connectivity index (χ1n) is 7.75. The highest BCUT2D eigenvalue weighted by molar-refractivity contribution is 8.14. The third-order valence-electron chi connectivity index (χ3n) is 4.96. The number of hydrogen-bond donors (Lipinski definition) is 1. The molecule has 102 valence electrons. The first kappa shape index (κ1) is 12.8. The third kappa shape index (κ3) is 2.87. The highest BCUT2D eigenvalue weighted by atomic mass is 32.2. The molecule has 2 nitrogen and oxygen atoms in total. The van der Waals surface area contributed by atoms with E-state index in [1.165, 1.54) is 68.7 Å². The van der Waals surface area contributed by atoms with E-state index in [0.29, 0.717) is 11.6 Å². The van der Waals surface area contributed by atoms with Gasteiger partial charge in [-0.2, -0.15) is 0 Å². The highest BCUT2D eigenvalue weighted by Gasteiger charge is 2.39. The molecule has 3 fully saturated rings. The largest absolute Gasteiger partial charge is 0.359 e. The molecule has 0 atom stereocenters. The molecule has 3 heteroatoms. The second-order valence-electron chi connectivity index (χ2n) is 6.60. The first-order chi connectivity index (χ1) is 8.76. The molecule has 18 heavy (non-hydrogen) atoms. The monoisotopic (exact) mass is 266 g/mol. The van der Waals surface area contributed by atoms with Crippen LogP contribution in [-0.2, 0) is 0 Å². The highest BCUT2D eigenvalue weighted by Crippen LogP contribution is 2.38. The summed E-state index contributed by atoms with van der Waals surface area (Å²) in [5.41, 5.74) is 0.407. The van der Waals surface area contributed by atoms with Crippen LogP contribution >= 0.6 is 11.8 Å². The van der Waals surface area contributed by atoms with Crippen molar-refractivity contribution in [3.05, 3.63) is 0 Å². The first-order valence-corrected chi connectivity index (χ1v) is 8.73. The summed E-state index contributed by atoms with van der Waals surface area (Å²) >= 11 is 1.98. The van der Waals surface area contributed by atoms with E-state index in [2.05, 4.69) is 12.2 Å². The molecule has 2 saturated carbocycles. The van der Waals surface area contributed by atoms with Crippen LogP contribution in [-0.4, -0.2) is 22.5 Å². The van der Waals surface area contributed by atoms with E-state index in [0.717, 1.165) is 5.92 Å². The Morgan fingerprint density at radius 1 is 1.11 bits per heavy atom. The molecule has 0 radical (unpaired) electrons. The van der Waals surface area contributed by atoms with Crippen molar-refractivity contribution in [2.45, 2.75) is 76.3 Å². The molecule has 0 aromatic carbocycles. The number of thioether (sulfide) groups is 1. The maximum Gasteiger partial charge on any atom is 0.157 e. The molecule has 0 unspecified atom stereocenters. The third-order valence-corrected chi connectivity index (χ3v) is 6.14. The van der Waals surface area contributed by atoms with Crippen LogP contribution in [0.5, 0.6) is 0 Å². The Kier molecular flexibility index (Phi) is 3.88. The molecule has 0 amide bonds. The molecule has 0 aromatic heterocycles. The second-order valence-corrected chi connectivity index (χ2v) is 7.57. The number of amidine groups is 1. The maximum absolute atomic E-state index is 4.97. The van der Waals surface area contributed by atoms with Crippen LogP contribution in [0.3, 0.4) is 0 Å². The van der Waals surface area contributed by atoms with Crippen LogP contribution in [0.15, 0.2) is 4.99 Å². The Labute approximate surface area is 115 Å². The molecule has 0 bridgehead atoms. The summed E-state index contributed by atoms with van der Waals surface area (Å²) in [6, 6.07) is 0.617. The van der Waals surface area contributed by atoms with Crippen molar-refractivity contribution >= 4 is 16.9 Å². The van der Waals surface area contributed by atoms with E-state index >= 15 is 0 Å². The fourth-order valence-corrected chi connectivity index (χ4v) is 4.82. The predicted octanol–water partition coefficient (Wildman–Crippen LogP) is 3.96. The van der Waals surface area contributed by atoms with Crippen molar-refractivity contribution in [2.75, 3.05) is 5.75 Å². The van der Waals surface area contributed by atoms with E-state index in [9.17, 15) is 0 Å². The normalized spacial score (nSPS) is 40.3. The van der Waals surface area contributed by atoms with Gasteiger partial charge in [-0.1, -0.05) is 37.9 Å². The zero-order valence-corrected chi connectivity index (χ0v) is 12.4. The fourth-order valence-electron chi connectivity index (χ4n) is 3.54. The van der Waals surface area contributed by atoms with E-state index in [1.54, 1.807) is 0 Å².